The highest BCUT2D eigenvalue weighted by Gasteiger charge is 2.16. The highest BCUT2D eigenvalue weighted by Crippen LogP contribution is 2.15. The molecule has 0 radical (unpaired) electrons. The van der Waals surface area contributed by atoms with Gasteiger partial charge in [0.05, 0.1) is 41.3 Å². The fourth-order valence-electron chi connectivity index (χ4n) is 6.37. The van der Waals surface area contributed by atoms with Gasteiger partial charge in [-0.1, -0.05) is 177 Å². The first-order chi connectivity index (χ1) is 23.0. The van der Waals surface area contributed by atoms with Gasteiger partial charge in [0.15, 0.2) is 0 Å². The van der Waals surface area contributed by atoms with E-state index in [2.05, 4.69) is 103 Å². The Balaban J connectivity index is 0.000000827. The van der Waals surface area contributed by atoms with Crippen LogP contribution in [0.15, 0.2) is 60.7 Å². The van der Waals surface area contributed by atoms with Gasteiger partial charge in [-0.3, -0.25) is 0 Å². The van der Waals surface area contributed by atoms with E-state index in [0.29, 0.717) is 0 Å². The molecule has 5 heteroatoms. The van der Waals surface area contributed by atoms with Gasteiger partial charge in [-0.25, -0.2) is 0 Å². The lowest BCUT2D eigenvalue weighted by Crippen LogP contribution is -2.39. The molecule has 0 N–H and O–H groups in total. The zero-order chi connectivity index (χ0) is 35.8. The van der Waals surface area contributed by atoms with Crippen molar-refractivity contribution in [2.45, 2.75) is 155 Å². The topological polar surface area (TPSA) is 63.2 Å². The van der Waals surface area contributed by atoms with Crippen LogP contribution in [0.2, 0.25) is 0 Å². The first-order valence-electron chi connectivity index (χ1n) is 19.6. The third-order valence-corrected chi connectivity index (χ3v) is 9.14. The lowest BCUT2D eigenvalue weighted by Gasteiger charge is -2.30. The van der Waals surface area contributed by atoms with Crippen molar-refractivity contribution in [3.8, 4) is 0 Å². The van der Waals surface area contributed by atoms with Crippen molar-refractivity contribution >= 4 is 6.16 Å². The molecule has 48 heavy (non-hydrogen) atoms. The molecule has 2 rings (SSSR count). The Kier molecular flexibility index (Phi) is 29.2. The fraction of sp³-hybridized carbons (Fsp3) is 0.698. The number of hydrogen-bond donors (Lipinski definition) is 0. The van der Waals surface area contributed by atoms with E-state index in [1.54, 1.807) is 0 Å². The van der Waals surface area contributed by atoms with Crippen LogP contribution in [0.5, 0.6) is 0 Å². The zero-order valence-electron chi connectivity index (χ0n) is 32.4. The molecule has 0 amide bonds. The number of hydrogen-bond acceptors (Lipinski definition) is 3. The van der Waals surface area contributed by atoms with E-state index in [4.69, 9.17) is 15.0 Å². The molecule has 0 fully saturated rings. The molecule has 0 aliphatic rings. The number of quaternary nitrogens is 2. The van der Waals surface area contributed by atoms with Gasteiger partial charge < -0.3 is 24.0 Å². The van der Waals surface area contributed by atoms with Crippen molar-refractivity contribution in [3.63, 3.8) is 0 Å². The van der Waals surface area contributed by atoms with Gasteiger partial charge in [0.25, 0.3) is 0 Å². The van der Waals surface area contributed by atoms with E-state index < -0.39 is 6.16 Å². The zero-order valence-corrected chi connectivity index (χ0v) is 32.4. The average molecular weight is 669 g/mol. The van der Waals surface area contributed by atoms with Crippen LogP contribution in [-0.4, -0.2) is 56.4 Å². The van der Waals surface area contributed by atoms with E-state index >= 15 is 0 Å². The largest absolute Gasteiger partial charge is 0.652 e. The van der Waals surface area contributed by atoms with Crippen LogP contribution < -0.4 is 10.2 Å². The monoisotopic (exact) mass is 669 g/mol. The highest BCUT2D eigenvalue weighted by molar-refractivity contribution is 5.47. The van der Waals surface area contributed by atoms with Gasteiger partial charge in [0, 0.05) is 11.1 Å². The predicted octanol–water partition coefficient (Wildman–Crippen LogP) is 9.92. The Morgan fingerprint density at radius 3 is 0.917 bits per heavy atom. The van der Waals surface area contributed by atoms with Gasteiger partial charge in [-0.05, 0) is 31.8 Å². The van der Waals surface area contributed by atoms with Gasteiger partial charge in [-0.2, -0.15) is 0 Å². The Bertz CT molecular complexity index is 885. The molecular formula is C43H76N2O3. The molecule has 5 nitrogen and oxygen atoms in total. The van der Waals surface area contributed by atoms with Crippen molar-refractivity contribution < 1.29 is 24.0 Å². The van der Waals surface area contributed by atoms with Gasteiger partial charge in [-0.15, -0.1) is 0 Å². The van der Waals surface area contributed by atoms with E-state index in [1.165, 1.54) is 153 Å². The van der Waals surface area contributed by atoms with Crippen molar-refractivity contribution in [2.24, 2.45) is 0 Å². The smallest absolute Gasteiger partial charge is 0.104 e. The molecule has 0 heterocycles. The molecule has 0 bridgehead atoms. The second kappa shape index (κ2) is 30.7. The Hall–Kier alpha value is -2.37. The number of carbonyl (C=O) groups excluding carboxylic acids is 1. The second-order valence-electron chi connectivity index (χ2n) is 15.2. The Morgan fingerprint density at radius 1 is 0.438 bits per heavy atom. The molecule has 0 aliphatic carbocycles. The van der Waals surface area contributed by atoms with Gasteiger partial charge in [0.1, 0.15) is 13.1 Å². The minimum Gasteiger partial charge on any atom is -0.652 e. The third kappa shape index (κ3) is 32.2. The summed E-state index contributed by atoms with van der Waals surface area (Å²) in [5.74, 6) is 0. The summed E-state index contributed by atoms with van der Waals surface area (Å²) < 4.78 is 2.22. The second-order valence-corrected chi connectivity index (χ2v) is 15.2. The Labute approximate surface area is 298 Å². The maximum atomic E-state index is 8.33. The molecule has 0 aliphatic heterocycles. The molecule has 0 saturated carbocycles. The van der Waals surface area contributed by atoms with Gasteiger partial charge in [0.2, 0.25) is 0 Å². The van der Waals surface area contributed by atoms with Crippen LogP contribution in [0.1, 0.15) is 153 Å². The van der Waals surface area contributed by atoms with Crippen molar-refractivity contribution in [1.82, 2.24) is 0 Å². The summed E-state index contributed by atoms with van der Waals surface area (Å²) in [6.07, 6.45) is 26.1. The summed E-state index contributed by atoms with van der Waals surface area (Å²) in [5, 5.41) is 16.7. The van der Waals surface area contributed by atoms with Crippen molar-refractivity contribution in [3.05, 3.63) is 71.8 Å². The average Bonchev–Trinajstić information content (AvgIpc) is 3.03. The lowest BCUT2D eigenvalue weighted by molar-refractivity contribution is -0.903. The summed E-state index contributed by atoms with van der Waals surface area (Å²) in [6.45, 7) is 9.48. The van der Waals surface area contributed by atoms with Crippen LogP contribution in [0.3, 0.4) is 0 Å². The van der Waals surface area contributed by atoms with Crippen molar-refractivity contribution in [1.29, 1.82) is 0 Å². The van der Waals surface area contributed by atoms with E-state index in [0.717, 1.165) is 22.1 Å². The van der Waals surface area contributed by atoms with E-state index in [-0.39, 0.29) is 0 Å². The molecule has 0 atom stereocenters. The fourth-order valence-corrected chi connectivity index (χ4v) is 6.37. The minimum atomic E-state index is -2.33. The number of benzene rings is 2. The highest BCUT2D eigenvalue weighted by atomic mass is 16.6. The summed E-state index contributed by atoms with van der Waals surface area (Å²) in [6, 6.07) is 21.8. The molecular weight excluding hydrogens is 592 g/mol. The molecule has 0 spiro atoms. The van der Waals surface area contributed by atoms with Crippen LogP contribution in [-0.2, 0) is 13.1 Å². The molecule has 0 saturated heterocycles. The quantitative estimate of drug-likeness (QED) is 0.0741. The first kappa shape index (κ1) is 45.6. The summed E-state index contributed by atoms with van der Waals surface area (Å²) in [4.78, 5) is 8.33. The van der Waals surface area contributed by atoms with Gasteiger partial charge >= 0.3 is 0 Å². The van der Waals surface area contributed by atoms with E-state index in [9.17, 15) is 0 Å². The normalized spacial score (nSPS) is 11.3. The molecule has 2 aromatic carbocycles. The number of unbranched alkanes of at least 4 members (excludes halogenated alkanes) is 18. The molecule has 0 aromatic heterocycles. The first-order valence-corrected chi connectivity index (χ1v) is 19.6. The maximum Gasteiger partial charge on any atom is 0.104 e. The van der Waals surface area contributed by atoms with Crippen LogP contribution >= 0.6 is 0 Å². The standard InChI is InChI=1S/2C21H38N.CH2O3/c2*1-4-5-6-7-8-9-10-11-12-16-19-22(2,3)20-21-17-14-13-15-18-21;2-1(3)4/h2*13-15,17-18H,4-12,16,19-20H2,1-3H3;(H2,2,3,4)/q2*+1;/p-2. The third-order valence-electron chi connectivity index (χ3n) is 9.14. The predicted molar refractivity (Wildman–Crippen MR) is 203 cm³/mol. The number of nitrogens with zero attached hydrogens (tertiary/aromatic N) is 2. The maximum absolute atomic E-state index is 8.33. The molecule has 0 unspecified atom stereocenters. The SMILES string of the molecule is CCCCCCCCCCCC[N+](C)(C)Cc1ccccc1.CCCCCCCCCCCC[N+](C)(C)Cc1ccccc1.O=C([O-])[O-]. The summed E-state index contributed by atoms with van der Waals surface area (Å²) >= 11 is 0. The summed E-state index contributed by atoms with van der Waals surface area (Å²) in [7, 11) is 9.45. The van der Waals surface area contributed by atoms with Crippen LogP contribution in [0.25, 0.3) is 0 Å². The van der Waals surface area contributed by atoms with Crippen molar-refractivity contribution in [2.75, 3.05) is 41.3 Å². The number of carbonyl (C=O) groups is 1. The minimum absolute atomic E-state index is 1.11. The lowest BCUT2D eigenvalue weighted by atomic mass is 10.1. The number of rotatable bonds is 26. The molecule has 2 aromatic rings. The van der Waals surface area contributed by atoms with Crippen LogP contribution in [0.4, 0.5) is 4.79 Å². The van der Waals surface area contributed by atoms with Crippen LogP contribution in [0, 0.1) is 0 Å². The Morgan fingerprint density at radius 2 is 0.667 bits per heavy atom. The molecule has 276 valence electrons. The number of carboxylic acid groups (broad SMARTS) is 2. The summed E-state index contributed by atoms with van der Waals surface area (Å²) in [5.41, 5.74) is 2.92. The van der Waals surface area contributed by atoms with E-state index in [1.807, 2.05) is 0 Å².